The minimum absolute atomic E-state index is 0.00871. The molecule has 2 nitrogen and oxygen atoms in total. The highest BCUT2D eigenvalue weighted by molar-refractivity contribution is 5.01. The molecule has 1 N–H and O–H groups in total. The first-order chi connectivity index (χ1) is 9.11. The fourth-order valence-electron chi connectivity index (χ4n) is 4.47. The summed E-state index contributed by atoms with van der Waals surface area (Å²) in [6, 6.07) is 1.15. The number of ether oxygens (including phenoxy) is 1. The maximum absolute atomic E-state index is 6.25. The largest absolute Gasteiger partial charge is 0.368 e. The van der Waals surface area contributed by atoms with Gasteiger partial charge in [-0.2, -0.15) is 0 Å². The molecule has 2 aliphatic rings. The summed E-state index contributed by atoms with van der Waals surface area (Å²) in [7, 11) is 0. The SMILES string of the molecule is CC1CCC(C(C)C)C(NC2CC(C)(C)OC2(C)C)C1. The van der Waals surface area contributed by atoms with Crippen molar-refractivity contribution in [2.75, 3.05) is 0 Å². The van der Waals surface area contributed by atoms with Gasteiger partial charge in [0, 0.05) is 12.1 Å². The molecule has 4 atom stereocenters. The third kappa shape index (κ3) is 3.57. The zero-order valence-corrected chi connectivity index (χ0v) is 14.6. The van der Waals surface area contributed by atoms with E-state index >= 15 is 0 Å². The molecule has 0 bridgehead atoms. The molecular formula is C18H35NO. The summed E-state index contributed by atoms with van der Waals surface area (Å²) in [5, 5.41) is 4.00. The Morgan fingerprint density at radius 1 is 1.10 bits per heavy atom. The Morgan fingerprint density at radius 3 is 2.25 bits per heavy atom. The average Bonchev–Trinajstić information content (AvgIpc) is 2.46. The molecule has 1 heterocycles. The van der Waals surface area contributed by atoms with Crippen LogP contribution in [0.15, 0.2) is 0 Å². The lowest BCUT2D eigenvalue weighted by Gasteiger charge is -2.41. The summed E-state index contributed by atoms with van der Waals surface area (Å²) in [5.41, 5.74) is -0.0412. The lowest BCUT2D eigenvalue weighted by Crippen LogP contribution is -2.52. The molecule has 0 aromatic heterocycles. The lowest BCUT2D eigenvalue weighted by molar-refractivity contribution is -0.0715. The Hall–Kier alpha value is -0.0800. The molecule has 1 aliphatic heterocycles. The van der Waals surface area contributed by atoms with E-state index in [0.29, 0.717) is 12.1 Å². The molecule has 0 amide bonds. The third-order valence-corrected chi connectivity index (χ3v) is 5.51. The van der Waals surface area contributed by atoms with E-state index in [2.05, 4.69) is 53.8 Å². The Bertz CT molecular complexity index is 334. The molecule has 2 rings (SSSR count). The Labute approximate surface area is 126 Å². The molecule has 2 heteroatoms. The van der Waals surface area contributed by atoms with Gasteiger partial charge in [-0.05, 0) is 64.7 Å². The monoisotopic (exact) mass is 281 g/mol. The summed E-state index contributed by atoms with van der Waals surface area (Å²) >= 11 is 0. The van der Waals surface area contributed by atoms with Crippen LogP contribution in [0.3, 0.4) is 0 Å². The van der Waals surface area contributed by atoms with Gasteiger partial charge in [0.05, 0.1) is 11.2 Å². The average molecular weight is 281 g/mol. The van der Waals surface area contributed by atoms with Crippen LogP contribution >= 0.6 is 0 Å². The van der Waals surface area contributed by atoms with Gasteiger partial charge in [0.15, 0.2) is 0 Å². The van der Waals surface area contributed by atoms with E-state index in [-0.39, 0.29) is 11.2 Å². The van der Waals surface area contributed by atoms with Crippen LogP contribution in [0.5, 0.6) is 0 Å². The van der Waals surface area contributed by atoms with Crippen molar-refractivity contribution in [3.05, 3.63) is 0 Å². The summed E-state index contributed by atoms with van der Waals surface area (Å²) in [6.45, 7) is 16.1. The fourth-order valence-corrected chi connectivity index (χ4v) is 4.47. The molecule has 0 aromatic carbocycles. The van der Waals surface area contributed by atoms with Crippen molar-refractivity contribution in [1.29, 1.82) is 0 Å². The van der Waals surface area contributed by atoms with Gasteiger partial charge in [-0.3, -0.25) is 0 Å². The Morgan fingerprint density at radius 2 is 1.75 bits per heavy atom. The van der Waals surface area contributed by atoms with Crippen molar-refractivity contribution >= 4 is 0 Å². The van der Waals surface area contributed by atoms with Crippen LogP contribution in [0.25, 0.3) is 0 Å². The number of hydrogen-bond acceptors (Lipinski definition) is 2. The molecule has 2 fully saturated rings. The number of hydrogen-bond donors (Lipinski definition) is 1. The van der Waals surface area contributed by atoms with E-state index < -0.39 is 0 Å². The number of rotatable bonds is 3. The normalized spacial score (nSPS) is 40.2. The van der Waals surface area contributed by atoms with Crippen molar-refractivity contribution in [2.45, 2.75) is 97.4 Å². The second-order valence-electron chi connectivity index (χ2n) is 8.82. The zero-order chi connectivity index (χ0) is 15.1. The van der Waals surface area contributed by atoms with Crippen LogP contribution in [0.4, 0.5) is 0 Å². The van der Waals surface area contributed by atoms with Crippen LogP contribution in [0.2, 0.25) is 0 Å². The predicted molar refractivity (Wildman–Crippen MR) is 85.9 cm³/mol. The van der Waals surface area contributed by atoms with Crippen molar-refractivity contribution in [2.24, 2.45) is 17.8 Å². The summed E-state index contributed by atoms with van der Waals surface area (Å²) < 4.78 is 6.25. The van der Waals surface area contributed by atoms with Crippen molar-refractivity contribution in [1.82, 2.24) is 5.32 Å². The molecular weight excluding hydrogens is 246 g/mol. The first-order valence-corrected chi connectivity index (χ1v) is 8.57. The minimum atomic E-state index is -0.0499. The van der Waals surface area contributed by atoms with E-state index in [1.54, 1.807) is 0 Å². The highest BCUT2D eigenvalue weighted by Crippen LogP contribution is 2.40. The van der Waals surface area contributed by atoms with E-state index in [1.807, 2.05) is 0 Å². The van der Waals surface area contributed by atoms with Gasteiger partial charge in [0.2, 0.25) is 0 Å². The van der Waals surface area contributed by atoms with E-state index in [9.17, 15) is 0 Å². The quantitative estimate of drug-likeness (QED) is 0.828. The standard InChI is InChI=1S/C18H35NO/c1-12(2)14-9-8-13(3)10-15(14)19-16-11-17(4,5)20-18(16,6)7/h12-16,19H,8-11H2,1-7H3. The molecule has 20 heavy (non-hydrogen) atoms. The minimum Gasteiger partial charge on any atom is -0.368 e. The summed E-state index contributed by atoms with van der Waals surface area (Å²) in [4.78, 5) is 0. The number of nitrogens with one attached hydrogen (secondary N) is 1. The molecule has 4 unspecified atom stereocenters. The molecule has 0 radical (unpaired) electrons. The highest BCUT2D eigenvalue weighted by Gasteiger charge is 2.47. The van der Waals surface area contributed by atoms with E-state index in [1.165, 1.54) is 19.3 Å². The second kappa shape index (κ2) is 5.61. The van der Waals surface area contributed by atoms with Gasteiger partial charge in [0.1, 0.15) is 0 Å². The summed E-state index contributed by atoms with van der Waals surface area (Å²) in [5.74, 6) is 2.46. The summed E-state index contributed by atoms with van der Waals surface area (Å²) in [6.07, 6.45) is 5.23. The Balaban J connectivity index is 2.06. The van der Waals surface area contributed by atoms with Crippen molar-refractivity contribution in [3.8, 4) is 0 Å². The molecule has 1 saturated carbocycles. The third-order valence-electron chi connectivity index (χ3n) is 5.51. The molecule has 1 saturated heterocycles. The van der Waals surface area contributed by atoms with Gasteiger partial charge in [0.25, 0.3) is 0 Å². The van der Waals surface area contributed by atoms with Crippen LogP contribution in [0, 0.1) is 17.8 Å². The van der Waals surface area contributed by atoms with Crippen LogP contribution in [0.1, 0.15) is 74.1 Å². The fraction of sp³-hybridized carbons (Fsp3) is 1.00. The predicted octanol–water partition coefficient (Wildman–Crippen LogP) is 4.38. The zero-order valence-electron chi connectivity index (χ0n) is 14.6. The maximum atomic E-state index is 6.25. The van der Waals surface area contributed by atoms with Gasteiger partial charge in [-0.25, -0.2) is 0 Å². The van der Waals surface area contributed by atoms with E-state index in [4.69, 9.17) is 4.74 Å². The molecule has 0 aromatic rings. The smallest absolute Gasteiger partial charge is 0.0787 e. The Kier molecular flexibility index (Phi) is 4.57. The van der Waals surface area contributed by atoms with Gasteiger partial charge in [-0.15, -0.1) is 0 Å². The van der Waals surface area contributed by atoms with Crippen molar-refractivity contribution in [3.63, 3.8) is 0 Å². The molecule has 0 spiro atoms. The van der Waals surface area contributed by atoms with Crippen LogP contribution in [-0.4, -0.2) is 23.3 Å². The van der Waals surface area contributed by atoms with Crippen LogP contribution in [-0.2, 0) is 4.74 Å². The van der Waals surface area contributed by atoms with E-state index in [0.717, 1.165) is 24.2 Å². The van der Waals surface area contributed by atoms with Gasteiger partial charge >= 0.3 is 0 Å². The first kappa shape index (κ1) is 16.3. The molecule has 118 valence electrons. The highest BCUT2D eigenvalue weighted by atomic mass is 16.5. The molecule has 1 aliphatic carbocycles. The van der Waals surface area contributed by atoms with Crippen LogP contribution < -0.4 is 5.32 Å². The second-order valence-corrected chi connectivity index (χ2v) is 8.82. The first-order valence-electron chi connectivity index (χ1n) is 8.57. The topological polar surface area (TPSA) is 21.3 Å². The maximum Gasteiger partial charge on any atom is 0.0787 e. The van der Waals surface area contributed by atoms with Crippen molar-refractivity contribution < 1.29 is 4.74 Å². The lowest BCUT2D eigenvalue weighted by atomic mass is 9.73. The van der Waals surface area contributed by atoms with Gasteiger partial charge < -0.3 is 10.1 Å². The van der Waals surface area contributed by atoms with Gasteiger partial charge in [-0.1, -0.05) is 27.2 Å².